The van der Waals surface area contributed by atoms with Gasteiger partial charge in [-0.05, 0) is 68.5 Å². The first-order valence-corrected chi connectivity index (χ1v) is 11.3. The second-order valence-corrected chi connectivity index (χ2v) is 8.49. The van der Waals surface area contributed by atoms with E-state index >= 15 is 0 Å². The maximum atomic E-state index is 12.2. The Morgan fingerprint density at radius 1 is 1.19 bits per heavy atom. The second kappa shape index (κ2) is 10.9. The summed E-state index contributed by atoms with van der Waals surface area (Å²) in [5.74, 6) is 0.572. The third-order valence-electron chi connectivity index (χ3n) is 6.25. The van der Waals surface area contributed by atoms with Crippen molar-refractivity contribution in [1.29, 1.82) is 0 Å². The van der Waals surface area contributed by atoms with Gasteiger partial charge in [-0.1, -0.05) is 23.7 Å². The Morgan fingerprint density at radius 2 is 1.94 bits per heavy atom. The van der Waals surface area contributed by atoms with Crippen LogP contribution >= 0.6 is 11.6 Å². The van der Waals surface area contributed by atoms with Gasteiger partial charge in [-0.3, -0.25) is 0 Å². The van der Waals surface area contributed by atoms with E-state index in [4.69, 9.17) is 21.1 Å². The summed E-state index contributed by atoms with van der Waals surface area (Å²) in [5, 5.41) is 0.565. The van der Waals surface area contributed by atoms with Crippen LogP contribution < -0.4 is 9.64 Å². The van der Waals surface area contributed by atoms with E-state index < -0.39 is 0 Å². The molecule has 0 atom stereocenters. The number of esters is 1. The molecule has 0 N–H and O–H groups in total. The van der Waals surface area contributed by atoms with Crippen LogP contribution in [-0.2, 0) is 11.2 Å². The molecule has 1 aliphatic rings. The summed E-state index contributed by atoms with van der Waals surface area (Å²) in [7, 11) is 3.11. The lowest BCUT2D eigenvalue weighted by atomic mass is 9.99. The molecule has 1 aliphatic heterocycles. The Hall–Kier alpha value is -2.24. The molecule has 3 rings (SSSR count). The molecule has 6 heteroatoms. The number of likely N-dealkylation sites (tertiary alicyclic amines) is 1. The van der Waals surface area contributed by atoms with Crippen molar-refractivity contribution in [3.8, 4) is 5.75 Å². The number of anilines is 1. The molecule has 2 aromatic rings. The molecule has 0 aliphatic carbocycles. The lowest BCUT2D eigenvalue weighted by Crippen LogP contribution is -2.45. The highest BCUT2D eigenvalue weighted by Crippen LogP contribution is 2.32. The van der Waals surface area contributed by atoms with Crippen LogP contribution in [0.5, 0.6) is 5.75 Å². The third-order valence-corrected chi connectivity index (χ3v) is 6.47. The van der Waals surface area contributed by atoms with Crippen molar-refractivity contribution in [3.05, 3.63) is 58.1 Å². The fraction of sp³-hybridized carbons (Fsp3) is 0.480. The minimum atomic E-state index is -0.343. The summed E-state index contributed by atoms with van der Waals surface area (Å²) < 4.78 is 10.3. The fourth-order valence-electron chi connectivity index (χ4n) is 4.48. The first kappa shape index (κ1) is 23.4. The van der Waals surface area contributed by atoms with Crippen LogP contribution in [0.15, 0.2) is 36.4 Å². The number of nitrogens with zero attached hydrogens (tertiary/aromatic N) is 2. The maximum Gasteiger partial charge on any atom is 0.338 e. The van der Waals surface area contributed by atoms with Crippen molar-refractivity contribution >= 4 is 23.3 Å². The predicted octanol–water partition coefficient (Wildman–Crippen LogP) is 4.98. The summed E-state index contributed by atoms with van der Waals surface area (Å²) in [6, 6.07) is 12.4. The molecule has 0 bridgehead atoms. The molecule has 0 radical (unpaired) electrons. The maximum absolute atomic E-state index is 12.2. The molecule has 0 amide bonds. The smallest absolute Gasteiger partial charge is 0.338 e. The van der Waals surface area contributed by atoms with Crippen LogP contribution in [0.2, 0.25) is 5.02 Å². The van der Waals surface area contributed by atoms with Crippen LogP contribution in [0.1, 0.15) is 41.3 Å². The summed E-state index contributed by atoms with van der Waals surface area (Å²) in [6.45, 7) is 8.19. The number of benzene rings is 2. The molecule has 168 valence electrons. The van der Waals surface area contributed by atoms with Crippen LogP contribution in [-0.4, -0.2) is 57.3 Å². The van der Waals surface area contributed by atoms with E-state index in [2.05, 4.69) is 34.9 Å². The van der Waals surface area contributed by atoms with Crippen LogP contribution in [0, 0.1) is 6.92 Å². The highest BCUT2D eigenvalue weighted by molar-refractivity contribution is 6.31. The SMILES string of the molecule is CCN(c1cc(Cl)cc(C(=O)OC)c1C)C1CCN(CCc2cccc(OC)c2)CC1. The Morgan fingerprint density at radius 3 is 2.58 bits per heavy atom. The van der Waals surface area contributed by atoms with Crippen molar-refractivity contribution < 1.29 is 14.3 Å². The van der Waals surface area contributed by atoms with E-state index in [0.717, 1.165) is 62.4 Å². The Kier molecular flexibility index (Phi) is 8.22. The van der Waals surface area contributed by atoms with Gasteiger partial charge in [-0.15, -0.1) is 0 Å². The Bertz CT molecular complexity index is 894. The zero-order chi connectivity index (χ0) is 22.4. The van der Waals surface area contributed by atoms with Crippen LogP contribution in [0.25, 0.3) is 0 Å². The minimum Gasteiger partial charge on any atom is -0.497 e. The number of methoxy groups -OCH3 is 2. The highest BCUT2D eigenvalue weighted by Gasteiger charge is 2.26. The molecule has 2 aromatic carbocycles. The number of rotatable bonds is 8. The van der Waals surface area contributed by atoms with E-state index in [1.165, 1.54) is 12.7 Å². The molecule has 0 saturated carbocycles. The van der Waals surface area contributed by atoms with E-state index in [1.54, 1.807) is 13.2 Å². The van der Waals surface area contributed by atoms with E-state index in [9.17, 15) is 4.79 Å². The van der Waals surface area contributed by atoms with Gasteiger partial charge < -0.3 is 19.3 Å². The zero-order valence-electron chi connectivity index (χ0n) is 19.0. The first-order valence-electron chi connectivity index (χ1n) is 11.0. The molecule has 1 fully saturated rings. The summed E-state index contributed by atoms with van der Waals surface area (Å²) >= 11 is 6.36. The molecular formula is C25H33ClN2O3. The van der Waals surface area contributed by atoms with Gasteiger partial charge in [-0.2, -0.15) is 0 Å². The average molecular weight is 445 g/mol. The minimum absolute atomic E-state index is 0.343. The Labute approximate surface area is 190 Å². The van der Waals surface area contributed by atoms with Crippen molar-refractivity contribution in [2.75, 3.05) is 45.3 Å². The van der Waals surface area contributed by atoms with Gasteiger partial charge in [-0.25, -0.2) is 4.79 Å². The fourth-order valence-corrected chi connectivity index (χ4v) is 4.69. The molecule has 0 aromatic heterocycles. The lowest BCUT2D eigenvalue weighted by molar-refractivity contribution is 0.0600. The van der Waals surface area contributed by atoms with Crippen LogP contribution in [0.3, 0.4) is 0 Å². The Balaban J connectivity index is 1.64. The van der Waals surface area contributed by atoms with Crippen molar-refractivity contribution in [2.45, 2.75) is 39.2 Å². The quantitative estimate of drug-likeness (QED) is 0.537. The monoisotopic (exact) mass is 444 g/mol. The van der Waals surface area contributed by atoms with E-state index in [-0.39, 0.29) is 5.97 Å². The van der Waals surface area contributed by atoms with Gasteiger partial charge in [0.05, 0.1) is 19.8 Å². The second-order valence-electron chi connectivity index (χ2n) is 8.05. The average Bonchev–Trinajstić information content (AvgIpc) is 2.80. The largest absolute Gasteiger partial charge is 0.497 e. The molecule has 0 spiro atoms. The third kappa shape index (κ3) is 5.72. The molecule has 31 heavy (non-hydrogen) atoms. The van der Waals surface area contributed by atoms with Gasteiger partial charge in [0, 0.05) is 42.9 Å². The van der Waals surface area contributed by atoms with Gasteiger partial charge in [0.1, 0.15) is 5.75 Å². The van der Waals surface area contributed by atoms with Gasteiger partial charge >= 0.3 is 5.97 Å². The van der Waals surface area contributed by atoms with Crippen molar-refractivity contribution in [3.63, 3.8) is 0 Å². The number of hydrogen-bond acceptors (Lipinski definition) is 5. The van der Waals surface area contributed by atoms with Crippen molar-refractivity contribution in [2.24, 2.45) is 0 Å². The molecule has 1 heterocycles. The molecule has 0 unspecified atom stereocenters. The topological polar surface area (TPSA) is 42.0 Å². The number of piperidine rings is 1. The van der Waals surface area contributed by atoms with Gasteiger partial charge in [0.2, 0.25) is 0 Å². The van der Waals surface area contributed by atoms with Gasteiger partial charge in [0.15, 0.2) is 0 Å². The number of ether oxygens (including phenoxy) is 2. The summed E-state index contributed by atoms with van der Waals surface area (Å²) in [6.07, 6.45) is 3.20. The van der Waals surface area contributed by atoms with E-state index in [1.807, 2.05) is 19.1 Å². The lowest BCUT2D eigenvalue weighted by Gasteiger charge is -2.40. The molecular weight excluding hydrogens is 412 g/mol. The zero-order valence-corrected chi connectivity index (χ0v) is 19.7. The van der Waals surface area contributed by atoms with Crippen LogP contribution in [0.4, 0.5) is 5.69 Å². The normalized spacial score (nSPS) is 15.0. The number of carbonyl (C=O) groups is 1. The standard InChI is InChI=1S/C25H33ClN2O3/c1-5-28(24-17-20(26)16-23(18(24)2)25(29)31-4)21-10-13-27(14-11-21)12-9-19-7-6-8-22(15-19)30-3/h6-8,15-17,21H,5,9-14H2,1-4H3. The number of carbonyl (C=O) groups excluding carboxylic acids is 1. The predicted molar refractivity (Wildman–Crippen MR) is 127 cm³/mol. The number of hydrogen-bond donors (Lipinski definition) is 0. The van der Waals surface area contributed by atoms with Gasteiger partial charge in [0.25, 0.3) is 0 Å². The highest BCUT2D eigenvalue weighted by atomic mass is 35.5. The molecule has 5 nitrogen and oxygen atoms in total. The van der Waals surface area contributed by atoms with E-state index in [0.29, 0.717) is 16.6 Å². The molecule has 1 saturated heterocycles. The number of halogens is 1. The summed E-state index contributed by atoms with van der Waals surface area (Å²) in [5.41, 5.74) is 3.81. The summed E-state index contributed by atoms with van der Waals surface area (Å²) in [4.78, 5) is 17.1. The van der Waals surface area contributed by atoms with Crippen molar-refractivity contribution in [1.82, 2.24) is 4.90 Å². The first-order chi connectivity index (χ1) is 15.0.